The molecule has 0 aromatic heterocycles. The number of carbonyl (C=O) groups is 1. The SMILES string of the molecule is Cc1ccc(C)c([C@@H](C)NC(=O)CN(c2cc(Cl)cc(Cl)c2)S(C)(=O)=O)c1. The minimum absolute atomic E-state index is 0.240. The predicted molar refractivity (Wildman–Crippen MR) is 111 cm³/mol. The van der Waals surface area contributed by atoms with Crippen LogP contribution in [-0.4, -0.2) is 27.1 Å². The van der Waals surface area contributed by atoms with Crippen molar-refractivity contribution in [1.29, 1.82) is 0 Å². The number of benzene rings is 2. The highest BCUT2D eigenvalue weighted by Crippen LogP contribution is 2.27. The lowest BCUT2D eigenvalue weighted by molar-refractivity contribution is -0.120. The van der Waals surface area contributed by atoms with Crippen LogP contribution in [0.15, 0.2) is 36.4 Å². The highest BCUT2D eigenvalue weighted by molar-refractivity contribution is 7.92. The van der Waals surface area contributed by atoms with Gasteiger partial charge in [-0.25, -0.2) is 8.42 Å². The smallest absolute Gasteiger partial charge is 0.241 e. The van der Waals surface area contributed by atoms with Crippen LogP contribution in [0, 0.1) is 13.8 Å². The van der Waals surface area contributed by atoms with E-state index in [1.165, 1.54) is 18.2 Å². The standard InChI is InChI=1S/C19H22Cl2N2O3S/c1-12-5-6-13(2)18(7-12)14(3)22-19(24)11-23(27(4,25)26)17-9-15(20)8-16(21)10-17/h5-10,14H,11H2,1-4H3,(H,22,24)/t14-/m1/s1. The summed E-state index contributed by atoms with van der Waals surface area (Å²) in [5.74, 6) is -0.426. The van der Waals surface area contributed by atoms with Gasteiger partial charge in [-0.2, -0.15) is 0 Å². The Morgan fingerprint density at radius 3 is 2.26 bits per heavy atom. The summed E-state index contributed by atoms with van der Waals surface area (Å²) in [5.41, 5.74) is 3.36. The molecule has 0 bridgehead atoms. The molecule has 1 N–H and O–H groups in total. The van der Waals surface area contributed by atoms with Gasteiger partial charge in [0.2, 0.25) is 15.9 Å². The van der Waals surface area contributed by atoms with Crippen LogP contribution >= 0.6 is 23.2 Å². The fourth-order valence-corrected chi connectivity index (χ4v) is 4.16. The average molecular weight is 429 g/mol. The largest absolute Gasteiger partial charge is 0.348 e. The van der Waals surface area contributed by atoms with Crippen molar-refractivity contribution < 1.29 is 13.2 Å². The summed E-state index contributed by atoms with van der Waals surface area (Å²) in [6.45, 7) is 5.44. The summed E-state index contributed by atoms with van der Waals surface area (Å²) in [5, 5.41) is 3.43. The van der Waals surface area contributed by atoms with E-state index in [0.29, 0.717) is 0 Å². The van der Waals surface area contributed by atoms with Gasteiger partial charge in [-0.1, -0.05) is 47.0 Å². The fraction of sp³-hybridized carbons (Fsp3) is 0.316. The number of anilines is 1. The van der Waals surface area contributed by atoms with Gasteiger partial charge in [0, 0.05) is 10.0 Å². The number of hydrogen-bond donors (Lipinski definition) is 1. The van der Waals surface area contributed by atoms with E-state index < -0.39 is 15.9 Å². The fourth-order valence-electron chi connectivity index (χ4n) is 2.80. The molecule has 5 nitrogen and oxygen atoms in total. The van der Waals surface area contributed by atoms with Gasteiger partial charge in [-0.05, 0) is 50.1 Å². The minimum atomic E-state index is -3.71. The van der Waals surface area contributed by atoms with Crippen LogP contribution < -0.4 is 9.62 Å². The van der Waals surface area contributed by atoms with Crippen molar-refractivity contribution in [2.24, 2.45) is 0 Å². The van der Waals surface area contributed by atoms with Crippen molar-refractivity contribution >= 4 is 44.8 Å². The van der Waals surface area contributed by atoms with Crippen molar-refractivity contribution in [3.05, 3.63) is 63.1 Å². The van der Waals surface area contributed by atoms with E-state index in [-0.39, 0.29) is 28.3 Å². The number of carbonyl (C=O) groups excluding carboxylic acids is 1. The molecule has 2 aromatic rings. The Labute approximate surface area is 170 Å². The third kappa shape index (κ3) is 5.86. The number of hydrogen-bond acceptors (Lipinski definition) is 3. The number of rotatable bonds is 6. The lowest BCUT2D eigenvalue weighted by Crippen LogP contribution is -2.41. The van der Waals surface area contributed by atoms with E-state index in [1.54, 1.807) is 0 Å². The van der Waals surface area contributed by atoms with E-state index in [0.717, 1.165) is 27.3 Å². The van der Waals surface area contributed by atoms with Crippen LogP contribution in [-0.2, 0) is 14.8 Å². The monoisotopic (exact) mass is 428 g/mol. The van der Waals surface area contributed by atoms with Gasteiger partial charge < -0.3 is 5.32 Å². The van der Waals surface area contributed by atoms with Crippen molar-refractivity contribution in [2.75, 3.05) is 17.1 Å². The maximum absolute atomic E-state index is 12.5. The second-order valence-corrected chi connectivity index (χ2v) is 9.33. The van der Waals surface area contributed by atoms with Crippen LogP contribution in [0.5, 0.6) is 0 Å². The summed E-state index contributed by atoms with van der Waals surface area (Å²) in [6.07, 6.45) is 1.03. The first-order valence-electron chi connectivity index (χ1n) is 8.27. The minimum Gasteiger partial charge on any atom is -0.348 e. The zero-order chi connectivity index (χ0) is 20.4. The van der Waals surface area contributed by atoms with Crippen LogP contribution in [0.2, 0.25) is 10.0 Å². The topological polar surface area (TPSA) is 66.5 Å². The highest BCUT2D eigenvalue weighted by Gasteiger charge is 2.23. The number of amides is 1. The van der Waals surface area contributed by atoms with Crippen molar-refractivity contribution in [3.63, 3.8) is 0 Å². The second-order valence-electron chi connectivity index (χ2n) is 6.55. The molecule has 0 unspecified atom stereocenters. The Hall–Kier alpha value is -1.76. The first-order chi connectivity index (χ1) is 12.5. The maximum Gasteiger partial charge on any atom is 0.241 e. The summed E-state index contributed by atoms with van der Waals surface area (Å²) in [6, 6.07) is 10.1. The quantitative estimate of drug-likeness (QED) is 0.747. The third-order valence-electron chi connectivity index (χ3n) is 4.10. The third-order valence-corrected chi connectivity index (χ3v) is 5.68. The molecule has 1 amide bonds. The first kappa shape index (κ1) is 21.5. The average Bonchev–Trinajstić information content (AvgIpc) is 2.52. The predicted octanol–water partition coefficient (Wildman–Crippen LogP) is 4.25. The van der Waals surface area contributed by atoms with Crippen LogP contribution in [0.3, 0.4) is 0 Å². The van der Waals surface area contributed by atoms with Crippen molar-refractivity contribution in [3.8, 4) is 0 Å². The molecule has 0 aliphatic rings. The molecule has 0 aliphatic heterocycles. The van der Waals surface area contributed by atoms with Crippen molar-refractivity contribution in [1.82, 2.24) is 5.32 Å². The molecule has 8 heteroatoms. The zero-order valence-electron chi connectivity index (χ0n) is 15.6. The number of sulfonamides is 1. The van der Waals surface area contributed by atoms with Gasteiger partial charge in [0.15, 0.2) is 0 Å². The molecule has 0 radical (unpaired) electrons. The normalized spacial score (nSPS) is 12.5. The number of halogens is 2. The van der Waals surface area contributed by atoms with Crippen molar-refractivity contribution in [2.45, 2.75) is 26.8 Å². The summed E-state index contributed by atoms with van der Waals surface area (Å²) in [4.78, 5) is 12.5. The number of aryl methyl sites for hydroxylation is 2. The summed E-state index contributed by atoms with van der Waals surface area (Å²) < 4.78 is 25.4. The van der Waals surface area contributed by atoms with Crippen LogP contribution in [0.25, 0.3) is 0 Å². The van der Waals surface area contributed by atoms with Gasteiger partial charge in [0.25, 0.3) is 0 Å². The number of nitrogens with one attached hydrogen (secondary N) is 1. The van der Waals surface area contributed by atoms with Gasteiger partial charge in [-0.15, -0.1) is 0 Å². The molecule has 0 saturated carbocycles. The summed E-state index contributed by atoms with van der Waals surface area (Å²) in [7, 11) is -3.71. The van der Waals surface area contributed by atoms with Gasteiger partial charge in [0.05, 0.1) is 18.0 Å². The number of nitrogens with zero attached hydrogens (tertiary/aromatic N) is 1. The van der Waals surface area contributed by atoms with E-state index in [4.69, 9.17) is 23.2 Å². The zero-order valence-corrected chi connectivity index (χ0v) is 17.9. The van der Waals surface area contributed by atoms with Gasteiger partial charge >= 0.3 is 0 Å². The Kier molecular flexibility index (Phi) is 6.78. The molecule has 0 aliphatic carbocycles. The second kappa shape index (κ2) is 8.50. The highest BCUT2D eigenvalue weighted by atomic mass is 35.5. The van der Waals surface area contributed by atoms with Gasteiger partial charge in [-0.3, -0.25) is 9.10 Å². The molecule has 27 heavy (non-hydrogen) atoms. The molecule has 2 rings (SSSR count). The Bertz CT molecular complexity index is 941. The maximum atomic E-state index is 12.5. The molecule has 146 valence electrons. The van der Waals surface area contributed by atoms with Gasteiger partial charge in [0.1, 0.15) is 6.54 Å². The molecular weight excluding hydrogens is 407 g/mol. The van der Waals surface area contributed by atoms with E-state index in [9.17, 15) is 13.2 Å². The van der Waals surface area contributed by atoms with Crippen LogP contribution in [0.4, 0.5) is 5.69 Å². The molecule has 1 atom stereocenters. The molecule has 0 fully saturated rings. The Morgan fingerprint density at radius 2 is 1.70 bits per heavy atom. The molecule has 2 aromatic carbocycles. The van der Waals surface area contributed by atoms with Crippen LogP contribution in [0.1, 0.15) is 29.7 Å². The lowest BCUT2D eigenvalue weighted by Gasteiger charge is -2.24. The molecule has 0 saturated heterocycles. The molecule has 0 spiro atoms. The molecule has 0 heterocycles. The summed E-state index contributed by atoms with van der Waals surface area (Å²) >= 11 is 11.9. The Balaban J connectivity index is 2.23. The van der Waals surface area contributed by atoms with E-state index in [1.807, 2.05) is 39.0 Å². The first-order valence-corrected chi connectivity index (χ1v) is 10.9. The molecular formula is C19H22Cl2N2O3S. The van der Waals surface area contributed by atoms with E-state index >= 15 is 0 Å². The lowest BCUT2D eigenvalue weighted by atomic mass is 10.00. The van der Waals surface area contributed by atoms with E-state index in [2.05, 4.69) is 5.32 Å². The Morgan fingerprint density at radius 1 is 1.11 bits per heavy atom.